The van der Waals surface area contributed by atoms with E-state index in [0.717, 1.165) is 22.4 Å². The summed E-state index contributed by atoms with van der Waals surface area (Å²) in [5.74, 6) is 2.46. The third kappa shape index (κ3) is 3.42. The fraction of sp³-hybridized carbons (Fsp3) is 0.263. The fourth-order valence-corrected chi connectivity index (χ4v) is 3.54. The van der Waals surface area contributed by atoms with Crippen molar-refractivity contribution in [2.45, 2.75) is 0 Å². The summed E-state index contributed by atoms with van der Waals surface area (Å²) in [6.45, 7) is 0. The molecular formula is C19H20Cl2N4O2. The number of halogens is 2. The average molecular weight is 407 g/mol. The van der Waals surface area contributed by atoms with Crippen molar-refractivity contribution in [2.24, 2.45) is 0 Å². The van der Waals surface area contributed by atoms with Gasteiger partial charge in [0.25, 0.3) is 0 Å². The van der Waals surface area contributed by atoms with Gasteiger partial charge in [0.1, 0.15) is 23.1 Å². The summed E-state index contributed by atoms with van der Waals surface area (Å²) in [6.07, 6.45) is 1.79. The lowest BCUT2D eigenvalue weighted by atomic mass is 10.1. The molecule has 0 saturated heterocycles. The van der Waals surface area contributed by atoms with Gasteiger partial charge in [0.05, 0.1) is 30.0 Å². The molecule has 2 heterocycles. The lowest BCUT2D eigenvalue weighted by Gasteiger charge is -2.19. The van der Waals surface area contributed by atoms with E-state index in [4.69, 9.17) is 37.7 Å². The Morgan fingerprint density at radius 3 is 2.15 bits per heavy atom. The topological polar surface area (TPSA) is 59.5 Å². The number of rotatable bonds is 5. The van der Waals surface area contributed by atoms with E-state index in [1.54, 1.807) is 26.5 Å². The molecule has 0 spiro atoms. The van der Waals surface area contributed by atoms with Crippen LogP contribution in [0.25, 0.3) is 22.0 Å². The first kappa shape index (κ1) is 19.3. The Bertz CT molecular complexity index is 981. The van der Waals surface area contributed by atoms with E-state index in [1.165, 1.54) is 0 Å². The van der Waals surface area contributed by atoms with Gasteiger partial charge in [-0.3, -0.25) is 0 Å². The third-order valence-electron chi connectivity index (χ3n) is 4.20. The molecule has 142 valence electrons. The van der Waals surface area contributed by atoms with Gasteiger partial charge in [0.2, 0.25) is 0 Å². The van der Waals surface area contributed by atoms with E-state index in [0.29, 0.717) is 32.8 Å². The maximum atomic E-state index is 6.56. The van der Waals surface area contributed by atoms with Crippen LogP contribution in [-0.2, 0) is 0 Å². The minimum Gasteiger partial charge on any atom is -0.495 e. The number of anilines is 2. The van der Waals surface area contributed by atoms with Crippen LogP contribution < -0.4 is 19.7 Å². The van der Waals surface area contributed by atoms with Crippen LogP contribution in [0.15, 0.2) is 24.4 Å². The number of benzene rings is 1. The van der Waals surface area contributed by atoms with Gasteiger partial charge in [-0.15, -0.1) is 0 Å². The van der Waals surface area contributed by atoms with Crippen LogP contribution in [0, 0.1) is 0 Å². The Hall–Kier alpha value is -2.44. The summed E-state index contributed by atoms with van der Waals surface area (Å²) in [4.78, 5) is 11.1. The fourth-order valence-electron chi connectivity index (χ4n) is 2.84. The van der Waals surface area contributed by atoms with E-state index < -0.39 is 0 Å². The number of pyridine rings is 2. The number of hydrogen-bond donors (Lipinski definition) is 1. The lowest BCUT2D eigenvalue weighted by Crippen LogP contribution is -2.12. The third-order valence-corrected chi connectivity index (χ3v) is 4.95. The first-order valence-corrected chi connectivity index (χ1v) is 8.93. The Labute approximate surface area is 168 Å². The Morgan fingerprint density at radius 2 is 1.63 bits per heavy atom. The van der Waals surface area contributed by atoms with Crippen LogP contribution in [0.5, 0.6) is 11.5 Å². The van der Waals surface area contributed by atoms with Crippen LogP contribution in [0.4, 0.5) is 11.6 Å². The van der Waals surface area contributed by atoms with Gasteiger partial charge in [0, 0.05) is 49.7 Å². The minimum atomic E-state index is 0.375. The number of methoxy groups -OCH3 is 2. The molecule has 0 amide bonds. The number of ether oxygens (including phenoxy) is 2. The standard InChI is InChI=1S/C19H20Cl2N4O2/c1-22-15-7-11-10(9-23-15)6-12(24-19(11)25(2)3)16-17(20)13(26-4)8-14(27-5)18(16)21/h6-9H,1-5H3,(H,22,23). The zero-order chi connectivity index (χ0) is 19.7. The van der Waals surface area contributed by atoms with Crippen molar-refractivity contribution in [3.8, 4) is 22.8 Å². The van der Waals surface area contributed by atoms with Gasteiger partial charge in [-0.05, 0) is 12.1 Å². The summed E-state index contributed by atoms with van der Waals surface area (Å²) in [5, 5.41) is 5.67. The normalized spacial score (nSPS) is 10.8. The molecule has 0 aliphatic heterocycles. The van der Waals surface area contributed by atoms with Crippen LogP contribution >= 0.6 is 23.2 Å². The molecule has 3 rings (SSSR count). The van der Waals surface area contributed by atoms with E-state index in [-0.39, 0.29) is 0 Å². The molecule has 3 aromatic rings. The monoisotopic (exact) mass is 406 g/mol. The second-order valence-corrected chi connectivity index (χ2v) is 6.81. The molecule has 0 fully saturated rings. The predicted molar refractivity (Wildman–Crippen MR) is 112 cm³/mol. The SMILES string of the molecule is CNc1cc2c(N(C)C)nc(-c3c(Cl)c(OC)cc(OC)c3Cl)cc2cn1. The maximum Gasteiger partial charge on any atom is 0.141 e. The van der Waals surface area contributed by atoms with Crippen LogP contribution in [-0.4, -0.2) is 45.3 Å². The molecule has 6 nitrogen and oxygen atoms in total. The Morgan fingerprint density at radius 1 is 1.00 bits per heavy atom. The molecule has 8 heteroatoms. The second-order valence-electron chi connectivity index (χ2n) is 6.05. The molecule has 1 aromatic carbocycles. The molecule has 0 aliphatic carbocycles. The maximum absolute atomic E-state index is 6.56. The van der Waals surface area contributed by atoms with Crippen molar-refractivity contribution in [3.63, 3.8) is 0 Å². The van der Waals surface area contributed by atoms with Crippen molar-refractivity contribution in [1.29, 1.82) is 0 Å². The molecule has 0 radical (unpaired) electrons. The summed E-state index contributed by atoms with van der Waals surface area (Å²) < 4.78 is 10.7. The molecule has 0 saturated carbocycles. The van der Waals surface area contributed by atoms with E-state index in [9.17, 15) is 0 Å². The van der Waals surface area contributed by atoms with Gasteiger partial charge in [-0.25, -0.2) is 9.97 Å². The number of nitrogens with zero attached hydrogens (tertiary/aromatic N) is 3. The van der Waals surface area contributed by atoms with Gasteiger partial charge < -0.3 is 19.7 Å². The van der Waals surface area contributed by atoms with Gasteiger partial charge in [0.15, 0.2) is 0 Å². The van der Waals surface area contributed by atoms with Crippen LogP contribution in [0.2, 0.25) is 10.0 Å². The average Bonchev–Trinajstić information content (AvgIpc) is 2.67. The second kappa shape index (κ2) is 7.66. The first-order chi connectivity index (χ1) is 12.9. The van der Waals surface area contributed by atoms with E-state index >= 15 is 0 Å². The molecule has 0 bridgehead atoms. The van der Waals surface area contributed by atoms with Crippen molar-refractivity contribution in [1.82, 2.24) is 9.97 Å². The van der Waals surface area contributed by atoms with Gasteiger partial charge in [-0.2, -0.15) is 0 Å². The number of fused-ring (bicyclic) bond motifs is 1. The van der Waals surface area contributed by atoms with Gasteiger partial charge >= 0.3 is 0 Å². The Balaban J connectivity index is 2.36. The quantitative estimate of drug-likeness (QED) is 0.660. The largest absolute Gasteiger partial charge is 0.495 e. The van der Waals surface area contributed by atoms with Crippen molar-refractivity contribution in [2.75, 3.05) is 45.6 Å². The minimum absolute atomic E-state index is 0.375. The van der Waals surface area contributed by atoms with E-state index in [2.05, 4.69) is 10.3 Å². The van der Waals surface area contributed by atoms with E-state index in [1.807, 2.05) is 38.2 Å². The molecule has 27 heavy (non-hydrogen) atoms. The summed E-state index contributed by atoms with van der Waals surface area (Å²) in [5.41, 5.74) is 1.16. The highest BCUT2D eigenvalue weighted by Crippen LogP contribution is 2.46. The number of hydrogen-bond acceptors (Lipinski definition) is 6. The number of aromatic nitrogens is 2. The highest BCUT2D eigenvalue weighted by Gasteiger charge is 2.21. The zero-order valence-corrected chi connectivity index (χ0v) is 17.2. The van der Waals surface area contributed by atoms with Crippen molar-refractivity contribution >= 4 is 45.6 Å². The highest BCUT2D eigenvalue weighted by atomic mass is 35.5. The predicted octanol–water partition coefficient (Wildman–Crippen LogP) is 4.73. The zero-order valence-electron chi connectivity index (χ0n) is 15.7. The van der Waals surface area contributed by atoms with Gasteiger partial charge in [-0.1, -0.05) is 23.2 Å². The summed E-state index contributed by atoms with van der Waals surface area (Å²) in [6, 6.07) is 5.51. The first-order valence-electron chi connectivity index (χ1n) is 8.17. The molecule has 0 aliphatic rings. The Kier molecular flexibility index (Phi) is 5.48. The lowest BCUT2D eigenvalue weighted by molar-refractivity contribution is 0.395. The molecule has 0 unspecified atom stereocenters. The molecule has 2 aromatic heterocycles. The summed E-state index contributed by atoms with van der Waals surface area (Å²) >= 11 is 13.1. The highest BCUT2D eigenvalue weighted by molar-refractivity contribution is 6.41. The van der Waals surface area contributed by atoms with Crippen LogP contribution in [0.3, 0.4) is 0 Å². The van der Waals surface area contributed by atoms with Crippen LogP contribution in [0.1, 0.15) is 0 Å². The smallest absolute Gasteiger partial charge is 0.141 e. The molecule has 0 atom stereocenters. The molecule has 1 N–H and O–H groups in total. The summed E-state index contributed by atoms with van der Waals surface area (Å²) in [7, 11) is 8.77. The van der Waals surface area contributed by atoms with Crippen molar-refractivity contribution in [3.05, 3.63) is 34.4 Å². The molecular weight excluding hydrogens is 387 g/mol. The number of nitrogens with one attached hydrogen (secondary N) is 1. The van der Waals surface area contributed by atoms with Crippen molar-refractivity contribution < 1.29 is 9.47 Å².